The van der Waals surface area contributed by atoms with E-state index in [2.05, 4.69) is 46.3 Å². The van der Waals surface area contributed by atoms with Gasteiger partial charge in [0.1, 0.15) is 11.6 Å². The summed E-state index contributed by atoms with van der Waals surface area (Å²) in [7, 11) is 1.72. The fraction of sp³-hybridized carbons (Fsp3) is 0.636. The van der Waals surface area contributed by atoms with Crippen molar-refractivity contribution in [2.24, 2.45) is 5.92 Å². The van der Waals surface area contributed by atoms with Gasteiger partial charge in [0.15, 0.2) is 0 Å². The van der Waals surface area contributed by atoms with E-state index in [4.69, 9.17) is 14.6 Å². The Morgan fingerprint density at radius 3 is 2.44 bits per heavy atom. The Morgan fingerprint density at radius 1 is 1.25 bits per heavy atom. The van der Waals surface area contributed by atoms with Crippen LogP contribution in [0.15, 0.2) is 24.3 Å². The maximum Gasteiger partial charge on any atom is 0.490 e. The Bertz CT molecular complexity index is 823. The average molecular weight is 457 g/mol. The molecule has 1 amide bonds. The fourth-order valence-corrected chi connectivity index (χ4v) is 4.26. The van der Waals surface area contributed by atoms with Crippen LogP contribution in [0, 0.1) is 12.8 Å². The van der Waals surface area contributed by atoms with Gasteiger partial charge in [-0.2, -0.15) is 13.2 Å². The first-order valence-corrected chi connectivity index (χ1v) is 10.7. The first-order valence-electron chi connectivity index (χ1n) is 10.7. The maximum atomic E-state index is 12.2. The molecule has 0 aromatic heterocycles. The molecule has 10 heteroatoms. The fourth-order valence-electron chi connectivity index (χ4n) is 4.26. The number of amides is 1. The number of aryl methyl sites for hydroxylation is 1. The number of carboxylic acid groups (broad SMARTS) is 1. The highest BCUT2D eigenvalue weighted by Crippen LogP contribution is 2.36. The highest BCUT2D eigenvalue weighted by Gasteiger charge is 2.50. The number of hydrogen-bond acceptors (Lipinski definition) is 5. The average Bonchev–Trinajstić information content (AvgIpc) is 3.50. The predicted octanol–water partition coefficient (Wildman–Crippen LogP) is 2.04. The topological polar surface area (TPSA) is 82.1 Å². The molecule has 178 valence electrons. The smallest absolute Gasteiger partial charge is 0.475 e. The van der Waals surface area contributed by atoms with E-state index in [0.29, 0.717) is 6.61 Å². The van der Waals surface area contributed by atoms with Gasteiger partial charge in [-0.05, 0) is 31.2 Å². The zero-order valence-electron chi connectivity index (χ0n) is 18.3. The molecule has 4 rings (SSSR count). The van der Waals surface area contributed by atoms with Crippen molar-refractivity contribution in [3.05, 3.63) is 35.4 Å². The van der Waals surface area contributed by atoms with E-state index in [1.54, 1.807) is 7.05 Å². The lowest BCUT2D eigenvalue weighted by molar-refractivity contribution is -0.203. The third kappa shape index (κ3) is 6.43. The van der Waals surface area contributed by atoms with Gasteiger partial charge in [-0.3, -0.25) is 14.6 Å². The molecule has 3 aliphatic rings. The molecule has 7 nitrogen and oxygen atoms in total. The lowest BCUT2D eigenvalue weighted by Gasteiger charge is -2.55. The molecule has 2 N–H and O–H groups in total. The van der Waals surface area contributed by atoms with Gasteiger partial charge < -0.3 is 15.2 Å². The molecule has 0 bridgehead atoms. The van der Waals surface area contributed by atoms with Gasteiger partial charge in [-0.1, -0.05) is 29.8 Å². The summed E-state index contributed by atoms with van der Waals surface area (Å²) in [4.78, 5) is 25.9. The molecule has 2 heterocycles. The molecule has 1 aromatic rings. The number of ether oxygens (including phenoxy) is 1. The molecule has 32 heavy (non-hydrogen) atoms. The Kier molecular flexibility index (Phi) is 7.46. The van der Waals surface area contributed by atoms with Gasteiger partial charge in [0, 0.05) is 39.8 Å². The third-order valence-electron chi connectivity index (χ3n) is 5.97. The van der Waals surface area contributed by atoms with Gasteiger partial charge in [-0.15, -0.1) is 0 Å². The SMILES string of the molecule is CNC(=O)C1COC2(CN(Cc3cccc(C)c3)C2)CN1CC1CC1.O=C(O)C(F)(F)F. The minimum absolute atomic E-state index is 0.0801. The second-order valence-corrected chi connectivity index (χ2v) is 8.93. The quantitative estimate of drug-likeness (QED) is 0.705. The van der Waals surface area contributed by atoms with E-state index in [1.807, 2.05) is 0 Å². The number of nitrogens with one attached hydrogen (secondary N) is 1. The second-order valence-electron chi connectivity index (χ2n) is 8.93. The molecule has 1 unspecified atom stereocenters. The van der Waals surface area contributed by atoms with Crippen LogP contribution in [0.25, 0.3) is 0 Å². The van der Waals surface area contributed by atoms with Crippen LogP contribution >= 0.6 is 0 Å². The summed E-state index contributed by atoms with van der Waals surface area (Å²) in [6, 6.07) is 8.60. The maximum absolute atomic E-state index is 12.2. The number of halogens is 3. The number of likely N-dealkylation sites (tertiary alicyclic amines) is 1. The lowest BCUT2D eigenvalue weighted by atomic mass is 9.89. The van der Waals surface area contributed by atoms with Crippen LogP contribution in [-0.2, 0) is 20.9 Å². The largest absolute Gasteiger partial charge is 0.490 e. The highest BCUT2D eigenvalue weighted by molar-refractivity contribution is 5.81. The Morgan fingerprint density at radius 2 is 1.91 bits per heavy atom. The first kappa shape index (κ1) is 24.5. The number of morpholine rings is 1. The van der Waals surface area contributed by atoms with Crippen LogP contribution in [0.1, 0.15) is 24.0 Å². The zero-order valence-corrected chi connectivity index (χ0v) is 18.3. The van der Waals surface area contributed by atoms with Gasteiger partial charge >= 0.3 is 12.1 Å². The van der Waals surface area contributed by atoms with Crippen LogP contribution in [0.4, 0.5) is 13.2 Å². The Hall–Kier alpha value is -2.17. The molecule has 2 aliphatic heterocycles. The Balaban J connectivity index is 0.000000360. The van der Waals surface area contributed by atoms with Crippen molar-refractivity contribution in [3.8, 4) is 0 Å². The summed E-state index contributed by atoms with van der Waals surface area (Å²) >= 11 is 0. The van der Waals surface area contributed by atoms with E-state index in [0.717, 1.165) is 38.6 Å². The van der Waals surface area contributed by atoms with Crippen molar-refractivity contribution in [3.63, 3.8) is 0 Å². The van der Waals surface area contributed by atoms with Crippen LogP contribution in [0.2, 0.25) is 0 Å². The molecule has 3 fully saturated rings. The van der Waals surface area contributed by atoms with Crippen molar-refractivity contribution < 1.29 is 32.6 Å². The van der Waals surface area contributed by atoms with Crippen molar-refractivity contribution >= 4 is 11.9 Å². The summed E-state index contributed by atoms with van der Waals surface area (Å²) in [5, 5.41) is 9.92. The van der Waals surface area contributed by atoms with Crippen LogP contribution in [0.5, 0.6) is 0 Å². The number of carbonyl (C=O) groups is 2. The van der Waals surface area contributed by atoms with E-state index >= 15 is 0 Å². The Labute approximate surface area is 185 Å². The number of benzene rings is 1. The molecule has 1 atom stereocenters. The first-order chi connectivity index (χ1) is 15.0. The summed E-state index contributed by atoms with van der Waals surface area (Å²) < 4.78 is 38.0. The number of rotatable bonds is 5. The van der Waals surface area contributed by atoms with E-state index in [1.165, 1.54) is 24.0 Å². The van der Waals surface area contributed by atoms with Crippen molar-refractivity contribution in [1.82, 2.24) is 15.1 Å². The van der Waals surface area contributed by atoms with Gasteiger partial charge in [0.2, 0.25) is 5.91 Å². The number of nitrogens with zero attached hydrogens (tertiary/aromatic N) is 2. The molecular weight excluding hydrogens is 427 g/mol. The monoisotopic (exact) mass is 457 g/mol. The van der Waals surface area contributed by atoms with E-state index in [-0.39, 0.29) is 17.6 Å². The molecule has 1 spiro atoms. The number of carboxylic acids is 1. The number of hydrogen-bond donors (Lipinski definition) is 2. The predicted molar refractivity (Wildman–Crippen MR) is 111 cm³/mol. The molecular formula is C22H30F3N3O4. The van der Waals surface area contributed by atoms with Crippen molar-refractivity contribution in [1.29, 1.82) is 0 Å². The van der Waals surface area contributed by atoms with Gasteiger partial charge in [0.25, 0.3) is 0 Å². The number of likely N-dealkylation sites (N-methyl/N-ethyl adjacent to an activating group) is 1. The minimum atomic E-state index is -5.08. The van der Waals surface area contributed by atoms with Crippen molar-refractivity contribution in [2.45, 2.75) is 44.1 Å². The summed E-state index contributed by atoms with van der Waals surface area (Å²) in [5.41, 5.74) is 2.60. The summed E-state index contributed by atoms with van der Waals surface area (Å²) in [6.45, 7) is 7.48. The molecule has 0 radical (unpaired) electrons. The van der Waals surface area contributed by atoms with Crippen LogP contribution in [0.3, 0.4) is 0 Å². The van der Waals surface area contributed by atoms with Gasteiger partial charge in [0.05, 0.1) is 6.61 Å². The molecule has 1 aromatic carbocycles. The highest BCUT2D eigenvalue weighted by atomic mass is 19.4. The van der Waals surface area contributed by atoms with Crippen LogP contribution < -0.4 is 5.32 Å². The number of carbonyl (C=O) groups excluding carboxylic acids is 1. The lowest BCUT2D eigenvalue weighted by Crippen LogP contribution is -2.72. The molecule has 1 aliphatic carbocycles. The molecule has 1 saturated carbocycles. The second kappa shape index (κ2) is 9.76. The minimum Gasteiger partial charge on any atom is -0.475 e. The van der Waals surface area contributed by atoms with Crippen molar-refractivity contribution in [2.75, 3.05) is 39.8 Å². The third-order valence-corrected chi connectivity index (χ3v) is 5.97. The van der Waals surface area contributed by atoms with Gasteiger partial charge in [-0.25, -0.2) is 4.79 Å². The van der Waals surface area contributed by atoms with E-state index in [9.17, 15) is 18.0 Å². The number of aliphatic carboxylic acids is 1. The zero-order chi connectivity index (χ0) is 23.5. The van der Waals surface area contributed by atoms with E-state index < -0.39 is 12.1 Å². The summed E-state index contributed by atoms with van der Waals surface area (Å²) in [6.07, 6.45) is -2.46. The standard InChI is InChI=1S/C20H29N3O2.C2HF3O2/c1-15-4-3-5-17(8-15)9-22-12-20(13-22)14-23(10-16-6-7-16)18(11-25-20)19(24)21-2;3-2(4,5)1(6)7/h3-5,8,16,18H,6-7,9-14H2,1-2H3,(H,21,24);(H,6,7). The molecule has 2 saturated heterocycles. The normalized spacial score (nSPS) is 23.1. The van der Waals surface area contributed by atoms with Crippen LogP contribution in [-0.4, -0.2) is 84.4 Å². The summed E-state index contributed by atoms with van der Waals surface area (Å²) in [5.74, 6) is -1.88. The number of alkyl halides is 3.